The van der Waals surface area contributed by atoms with Gasteiger partial charge in [-0.05, 0) is 36.6 Å². The number of rotatable bonds is 5. The molecule has 2 atom stereocenters. The Morgan fingerprint density at radius 1 is 1.15 bits per heavy atom. The number of pyridine rings is 2. The standard InChI is InChI=1S/C27H29N7O5/c1-26(2)14-33(12-16-3-5-18(28-11-16)23-29-15-39-32-23)10-9-27(26,38)21-7-4-17-19(30-21)13-34(25(17)37)20-6-8-22(35)31-24(20)36/h3-5,7,11,15,20,38H,6,8-10,12-14H2,1-2H3,(H,31,35,36). The average Bonchev–Trinajstić information content (AvgIpc) is 3.55. The first-order valence-electron chi connectivity index (χ1n) is 13.0. The lowest BCUT2D eigenvalue weighted by atomic mass is 9.68. The summed E-state index contributed by atoms with van der Waals surface area (Å²) >= 11 is 0. The number of carbonyl (C=O) groups excluding carboxylic acids is 3. The van der Waals surface area contributed by atoms with E-state index < -0.39 is 23.0 Å². The number of aliphatic hydroxyl groups is 1. The quantitative estimate of drug-likeness (QED) is 0.462. The lowest BCUT2D eigenvalue weighted by molar-refractivity contribution is -0.137. The zero-order valence-electron chi connectivity index (χ0n) is 21.8. The van der Waals surface area contributed by atoms with E-state index in [0.29, 0.717) is 60.9 Å². The van der Waals surface area contributed by atoms with Gasteiger partial charge in [-0.3, -0.25) is 34.6 Å². The second kappa shape index (κ2) is 9.31. The van der Waals surface area contributed by atoms with Crippen molar-refractivity contribution in [3.8, 4) is 11.5 Å². The zero-order chi connectivity index (χ0) is 27.4. The fraction of sp³-hybridized carbons (Fsp3) is 0.444. The molecule has 12 nitrogen and oxygen atoms in total. The minimum Gasteiger partial charge on any atom is -0.383 e. The fourth-order valence-corrected chi connectivity index (χ4v) is 5.89. The summed E-state index contributed by atoms with van der Waals surface area (Å²) in [5.41, 5.74) is 1.42. The number of aromatic nitrogens is 4. The fourth-order valence-electron chi connectivity index (χ4n) is 5.89. The van der Waals surface area contributed by atoms with Crippen LogP contribution in [-0.4, -0.2) is 71.9 Å². The van der Waals surface area contributed by atoms with E-state index in [2.05, 4.69) is 25.3 Å². The molecule has 0 aliphatic carbocycles. The zero-order valence-corrected chi connectivity index (χ0v) is 21.8. The minimum absolute atomic E-state index is 0.170. The highest BCUT2D eigenvalue weighted by Crippen LogP contribution is 2.46. The molecule has 39 heavy (non-hydrogen) atoms. The van der Waals surface area contributed by atoms with Crippen LogP contribution in [0.3, 0.4) is 0 Å². The Bertz CT molecular complexity index is 1440. The first kappa shape index (κ1) is 25.3. The predicted octanol–water partition coefficient (Wildman–Crippen LogP) is 1.41. The minimum atomic E-state index is -1.20. The molecule has 3 aliphatic heterocycles. The Morgan fingerprint density at radius 2 is 2.00 bits per heavy atom. The molecule has 2 fully saturated rings. The number of carbonyl (C=O) groups is 3. The molecule has 2 unspecified atom stereocenters. The van der Waals surface area contributed by atoms with Gasteiger partial charge in [0.2, 0.25) is 24.0 Å². The lowest BCUT2D eigenvalue weighted by Crippen LogP contribution is -2.55. The Kier molecular flexibility index (Phi) is 6.03. The number of imide groups is 1. The van der Waals surface area contributed by atoms with E-state index in [0.717, 1.165) is 5.56 Å². The van der Waals surface area contributed by atoms with Crippen molar-refractivity contribution in [2.75, 3.05) is 13.1 Å². The molecule has 0 radical (unpaired) electrons. The van der Waals surface area contributed by atoms with Crippen molar-refractivity contribution < 1.29 is 24.0 Å². The van der Waals surface area contributed by atoms with E-state index >= 15 is 0 Å². The Balaban J connectivity index is 1.16. The molecule has 0 bridgehead atoms. The number of hydrogen-bond acceptors (Lipinski definition) is 10. The van der Waals surface area contributed by atoms with Crippen LogP contribution in [0.1, 0.15) is 60.4 Å². The SMILES string of the molecule is CC1(C)CN(Cc2ccc(-c3ncon3)nc2)CCC1(O)c1ccc2c(n1)CN(C1CCC(=O)NC1=O)C2=O. The van der Waals surface area contributed by atoms with Crippen molar-refractivity contribution >= 4 is 17.7 Å². The number of piperidine rings is 2. The molecular formula is C27H29N7O5. The van der Waals surface area contributed by atoms with E-state index in [9.17, 15) is 19.5 Å². The van der Waals surface area contributed by atoms with Crippen LogP contribution in [0.25, 0.3) is 11.5 Å². The third-order valence-corrected chi connectivity index (χ3v) is 8.15. The monoisotopic (exact) mass is 531 g/mol. The van der Waals surface area contributed by atoms with Crippen LogP contribution < -0.4 is 5.32 Å². The molecule has 0 saturated carbocycles. The molecule has 3 aromatic rings. The van der Waals surface area contributed by atoms with Crippen molar-refractivity contribution in [3.63, 3.8) is 0 Å². The number of nitrogens with zero attached hydrogens (tertiary/aromatic N) is 6. The normalized spacial score (nSPS) is 25.1. The van der Waals surface area contributed by atoms with Crippen LogP contribution in [0, 0.1) is 5.41 Å². The summed E-state index contributed by atoms with van der Waals surface area (Å²) in [6.45, 7) is 6.15. The molecule has 2 saturated heterocycles. The summed E-state index contributed by atoms with van der Waals surface area (Å²) < 4.78 is 4.79. The predicted molar refractivity (Wildman–Crippen MR) is 135 cm³/mol. The molecular weight excluding hydrogens is 502 g/mol. The van der Waals surface area contributed by atoms with Crippen LogP contribution in [0.2, 0.25) is 0 Å². The number of nitrogens with one attached hydrogen (secondary N) is 1. The van der Waals surface area contributed by atoms with Crippen LogP contribution in [-0.2, 0) is 28.3 Å². The van der Waals surface area contributed by atoms with Gasteiger partial charge in [0.1, 0.15) is 17.3 Å². The maximum Gasteiger partial charge on any atom is 0.256 e. The third-order valence-electron chi connectivity index (χ3n) is 8.15. The van der Waals surface area contributed by atoms with Gasteiger partial charge < -0.3 is 14.5 Å². The molecule has 2 N–H and O–H groups in total. The number of likely N-dealkylation sites (tertiary alicyclic amines) is 1. The summed E-state index contributed by atoms with van der Waals surface area (Å²) in [6.07, 6.45) is 4.01. The lowest BCUT2D eigenvalue weighted by Gasteiger charge is -2.50. The highest BCUT2D eigenvalue weighted by molar-refractivity contribution is 6.05. The summed E-state index contributed by atoms with van der Waals surface area (Å²) in [5, 5.41) is 18.1. The topological polar surface area (TPSA) is 155 Å². The number of amides is 3. The molecule has 3 amide bonds. The first-order chi connectivity index (χ1) is 18.6. The van der Waals surface area contributed by atoms with Gasteiger partial charge in [0, 0.05) is 37.7 Å². The van der Waals surface area contributed by atoms with Crippen molar-refractivity contribution in [2.45, 2.75) is 57.8 Å². The van der Waals surface area contributed by atoms with Crippen molar-refractivity contribution in [2.24, 2.45) is 5.41 Å². The van der Waals surface area contributed by atoms with Crippen molar-refractivity contribution in [3.05, 3.63) is 59.4 Å². The maximum atomic E-state index is 13.1. The van der Waals surface area contributed by atoms with E-state index in [-0.39, 0.29) is 24.8 Å². The van der Waals surface area contributed by atoms with Crippen LogP contribution in [0.4, 0.5) is 0 Å². The summed E-state index contributed by atoms with van der Waals surface area (Å²) in [7, 11) is 0. The maximum absolute atomic E-state index is 13.1. The molecule has 12 heteroatoms. The highest BCUT2D eigenvalue weighted by atomic mass is 16.5. The van der Waals surface area contributed by atoms with Crippen molar-refractivity contribution in [1.29, 1.82) is 0 Å². The average molecular weight is 532 g/mol. The van der Waals surface area contributed by atoms with Gasteiger partial charge in [-0.1, -0.05) is 25.1 Å². The van der Waals surface area contributed by atoms with E-state index in [1.807, 2.05) is 26.0 Å². The van der Waals surface area contributed by atoms with Crippen LogP contribution >= 0.6 is 0 Å². The molecule has 202 valence electrons. The van der Waals surface area contributed by atoms with E-state index in [4.69, 9.17) is 9.51 Å². The summed E-state index contributed by atoms with van der Waals surface area (Å²) in [6, 6.07) is 6.57. The third kappa shape index (κ3) is 4.39. The van der Waals surface area contributed by atoms with Crippen molar-refractivity contribution in [1.82, 2.24) is 35.2 Å². The van der Waals surface area contributed by atoms with Gasteiger partial charge in [-0.15, -0.1) is 0 Å². The molecule has 3 aliphatic rings. The largest absolute Gasteiger partial charge is 0.383 e. The molecule has 6 rings (SSSR count). The van der Waals surface area contributed by atoms with E-state index in [1.165, 1.54) is 11.3 Å². The van der Waals surface area contributed by atoms with Gasteiger partial charge >= 0.3 is 0 Å². The van der Waals surface area contributed by atoms with Gasteiger partial charge in [0.05, 0.1) is 23.5 Å². The second-order valence-corrected chi connectivity index (χ2v) is 11.1. The van der Waals surface area contributed by atoms with Crippen LogP contribution in [0.15, 0.2) is 41.4 Å². The highest BCUT2D eigenvalue weighted by Gasteiger charge is 2.50. The molecule has 0 aromatic carbocycles. The van der Waals surface area contributed by atoms with Gasteiger partial charge in [-0.2, -0.15) is 4.98 Å². The molecule has 3 aromatic heterocycles. The molecule has 0 spiro atoms. The van der Waals surface area contributed by atoms with Gasteiger partial charge in [-0.25, -0.2) is 0 Å². The van der Waals surface area contributed by atoms with Crippen LogP contribution in [0.5, 0.6) is 0 Å². The molecule has 6 heterocycles. The Hall–Kier alpha value is -4.03. The number of hydrogen-bond donors (Lipinski definition) is 2. The number of fused-ring (bicyclic) bond motifs is 1. The van der Waals surface area contributed by atoms with E-state index in [1.54, 1.807) is 18.3 Å². The first-order valence-corrected chi connectivity index (χ1v) is 13.0. The summed E-state index contributed by atoms with van der Waals surface area (Å²) in [5.74, 6) is -0.624. The smallest absolute Gasteiger partial charge is 0.256 e. The second-order valence-electron chi connectivity index (χ2n) is 11.1. The van der Waals surface area contributed by atoms with Gasteiger partial charge in [0.15, 0.2) is 0 Å². The Labute approximate surface area is 224 Å². The Morgan fingerprint density at radius 3 is 2.69 bits per heavy atom. The summed E-state index contributed by atoms with van der Waals surface area (Å²) in [4.78, 5) is 53.9. The van der Waals surface area contributed by atoms with Gasteiger partial charge in [0.25, 0.3) is 5.91 Å².